The Hall–Kier alpha value is -1.32. The molecule has 0 aliphatic rings. The van der Waals surface area contributed by atoms with Gasteiger partial charge in [-0.2, -0.15) is 0 Å². The molecule has 2 rings (SSSR count). The minimum Gasteiger partial charge on any atom is -0.325 e. The third-order valence-electron chi connectivity index (χ3n) is 2.95. The first-order valence-corrected chi connectivity index (χ1v) is 7.24. The minimum absolute atomic E-state index is 0.201. The van der Waals surface area contributed by atoms with Crippen LogP contribution in [0.2, 0.25) is 0 Å². The molecule has 2 aromatic rings. The van der Waals surface area contributed by atoms with E-state index in [9.17, 15) is 0 Å². The van der Waals surface area contributed by atoms with Gasteiger partial charge in [0.05, 0.1) is 5.69 Å². The number of aromatic nitrogens is 1. The molecule has 0 aliphatic carbocycles. The van der Waals surface area contributed by atoms with E-state index < -0.39 is 0 Å². The Labute approximate surface area is 119 Å². The van der Waals surface area contributed by atoms with E-state index in [1.54, 1.807) is 11.8 Å². The van der Waals surface area contributed by atoms with Gasteiger partial charge in [-0.25, -0.2) is 0 Å². The summed E-state index contributed by atoms with van der Waals surface area (Å²) in [5.41, 5.74) is 8.09. The number of hydrogen-bond donors (Lipinski definition) is 1. The molecule has 0 aliphatic heterocycles. The van der Waals surface area contributed by atoms with Crippen molar-refractivity contribution in [1.29, 1.82) is 0 Å². The van der Waals surface area contributed by atoms with Crippen LogP contribution in [-0.4, -0.2) is 4.98 Å². The Kier molecular flexibility index (Phi) is 4.27. The van der Waals surface area contributed by atoms with Crippen molar-refractivity contribution in [3.8, 4) is 0 Å². The number of benzene rings is 1. The van der Waals surface area contributed by atoms with Crippen LogP contribution in [0, 0.1) is 0 Å². The van der Waals surface area contributed by atoms with Crippen LogP contribution in [0.15, 0.2) is 52.4 Å². The molecule has 0 amide bonds. The van der Waals surface area contributed by atoms with E-state index in [1.807, 2.05) is 18.3 Å². The van der Waals surface area contributed by atoms with Crippen molar-refractivity contribution >= 4 is 11.8 Å². The Balaban J connectivity index is 2.15. The Bertz CT molecular complexity index is 541. The molecule has 3 heteroatoms. The van der Waals surface area contributed by atoms with Crippen LogP contribution in [-0.2, 0) is 12.0 Å². The van der Waals surface area contributed by atoms with E-state index in [1.165, 1.54) is 15.4 Å². The molecule has 0 saturated heterocycles. The van der Waals surface area contributed by atoms with Crippen molar-refractivity contribution in [3.05, 3.63) is 53.9 Å². The highest BCUT2D eigenvalue weighted by molar-refractivity contribution is 7.99. The maximum atomic E-state index is 5.61. The van der Waals surface area contributed by atoms with Crippen LogP contribution in [0.1, 0.15) is 32.0 Å². The minimum atomic E-state index is 0.201. The molecule has 0 saturated carbocycles. The summed E-state index contributed by atoms with van der Waals surface area (Å²) in [7, 11) is 0. The summed E-state index contributed by atoms with van der Waals surface area (Å²) >= 11 is 1.74. The van der Waals surface area contributed by atoms with Gasteiger partial charge < -0.3 is 5.73 Å². The van der Waals surface area contributed by atoms with Crippen molar-refractivity contribution in [2.45, 2.75) is 42.5 Å². The van der Waals surface area contributed by atoms with Crippen LogP contribution in [0.4, 0.5) is 0 Å². The lowest BCUT2D eigenvalue weighted by atomic mass is 9.87. The Morgan fingerprint density at radius 1 is 1.05 bits per heavy atom. The lowest BCUT2D eigenvalue weighted by Crippen LogP contribution is -2.10. The summed E-state index contributed by atoms with van der Waals surface area (Å²) in [6, 6.07) is 12.8. The highest BCUT2D eigenvalue weighted by Gasteiger charge is 2.12. The second-order valence-electron chi connectivity index (χ2n) is 5.56. The molecule has 0 bridgehead atoms. The summed E-state index contributed by atoms with van der Waals surface area (Å²) in [4.78, 5) is 6.63. The van der Waals surface area contributed by atoms with Crippen molar-refractivity contribution in [1.82, 2.24) is 4.98 Å². The first-order chi connectivity index (χ1) is 8.99. The first kappa shape index (κ1) is 14.1. The largest absolute Gasteiger partial charge is 0.325 e. The van der Waals surface area contributed by atoms with E-state index in [4.69, 9.17) is 5.73 Å². The highest BCUT2D eigenvalue weighted by atomic mass is 32.2. The molecule has 19 heavy (non-hydrogen) atoms. The third kappa shape index (κ3) is 3.82. The maximum absolute atomic E-state index is 5.61. The maximum Gasteiger partial charge on any atom is 0.0550 e. The Morgan fingerprint density at radius 2 is 1.74 bits per heavy atom. The summed E-state index contributed by atoms with van der Waals surface area (Å²) in [6.45, 7) is 7.17. The zero-order valence-corrected chi connectivity index (χ0v) is 12.5. The smallest absolute Gasteiger partial charge is 0.0550 e. The fraction of sp³-hybridized carbons (Fsp3) is 0.312. The highest BCUT2D eigenvalue weighted by Crippen LogP contribution is 2.30. The van der Waals surface area contributed by atoms with Gasteiger partial charge >= 0.3 is 0 Å². The first-order valence-electron chi connectivity index (χ1n) is 6.42. The number of pyridine rings is 1. The van der Waals surface area contributed by atoms with E-state index in [0.717, 1.165) is 5.69 Å². The lowest BCUT2D eigenvalue weighted by Gasteiger charge is -2.19. The van der Waals surface area contributed by atoms with E-state index >= 15 is 0 Å². The predicted molar refractivity (Wildman–Crippen MR) is 81.4 cm³/mol. The van der Waals surface area contributed by atoms with Gasteiger partial charge in [0.25, 0.3) is 0 Å². The van der Waals surface area contributed by atoms with Gasteiger partial charge in [-0.1, -0.05) is 44.7 Å². The standard InChI is InChI=1S/C16H20N2S/c1-16(2,3)12-4-6-14(7-5-12)19-15-8-9-18-13(10-15)11-17/h4-10H,11,17H2,1-3H3. The van der Waals surface area contributed by atoms with Gasteiger partial charge in [-0.05, 0) is 35.2 Å². The summed E-state index contributed by atoms with van der Waals surface area (Å²) < 4.78 is 0. The summed E-state index contributed by atoms with van der Waals surface area (Å²) in [5, 5.41) is 0. The van der Waals surface area contributed by atoms with Gasteiger partial charge in [0.1, 0.15) is 0 Å². The fourth-order valence-electron chi connectivity index (χ4n) is 1.79. The van der Waals surface area contributed by atoms with Crippen LogP contribution >= 0.6 is 11.8 Å². The number of nitrogens with zero attached hydrogens (tertiary/aromatic N) is 1. The molecule has 0 spiro atoms. The summed E-state index contributed by atoms with van der Waals surface area (Å²) in [5.74, 6) is 0. The molecule has 2 N–H and O–H groups in total. The lowest BCUT2D eigenvalue weighted by molar-refractivity contribution is 0.590. The SMILES string of the molecule is CC(C)(C)c1ccc(Sc2ccnc(CN)c2)cc1. The van der Waals surface area contributed by atoms with E-state index in [2.05, 4.69) is 50.0 Å². The fourth-order valence-corrected chi connectivity index (χ4v) is 2.66. The number of nitrogens with two attached hydrogens (primary N) is 1. The third-order valence-corrected chi connectivity index (χ3v) is 3.95. The molecule has 0 radical (unpaired) electrons. The molecule has 0 fully saturated rings. The molecule has 100 valence electrons. The van der Waals surface area contributed by atoms with Crippen LogP contribution in [0.3, 0.4) is 0 Å². The molecule has 0 atom stereocenters. The van der Waals surface area contributed by atoms with Crippen molar-refractivity contribution in [3.63, 3.8) is 0 Å². The van der Waals surface area contributed by atoms with Crippen LogP contribution in [0.5, 0.6) is 0 Å². The molecular formula is C16H20N2S. The van der Waals surface area contributed by atoms with Crippen molar-refractivity contribution in [2.24, 2.45) is 5.73 Å². The topological polar surface area (TPSA) is 38.9 Å². The van der Waals surface area contributed by atoms with Gasteiger partial charge in [-0.3, -0.25) is 4.98 Å². The molecule has 1 heterocycles. The van der Waals surface area contributed by atoms with Crippen molar-refractivity contribution < 1.29 is 0 Å². The quantitative estimate of drug-likeness (QED) is 0.918. The zero-order chi connectivity index (χ0) is 13.9. The average molecular weight is 272 g/mol. The summed E-state index contributed by atoms with van der Waals surface area (Å²) in [6.07, 6.45) is 1.81. The number of rotatable bonds is 3. The normalized spacial score (nSPS) is 11.6. The van der Waals surface area contributed by atoms with Gasteiger partial charge in [0, 0.05) is 22.5 Å². The number of hydrogen-bond acceptors (Lipinski definition) is 3. The second kappa shape index (κ2) is 5.76. The second-order valence-corrected chi connectivity index (χ2v) is 6.71. The van der Waals surface area contributed by atoms with Crippen molar-refractivity contribution in [2.75, 3.05) is 0 Å². The molecule has 1 aromatic carbocycles. The zero-order valence-electron chi connectivity index (χ0n) is 11.7. The molecular weight excluding hydrogens is 252 g/mol. The molecule has 1 aromatic heterocycles. The van der Waals surface area contributed by atoms with E-state index in [-0.39, 0.29) is 5.41 Å². The molecule has 2 nitrogen and oxygen atoms in total. The van der Waals surface area contributed by atoms with Gasteiger partial charge in [0.15, 0.2) is 0 Å². The monoisotopic (exact) mass is 272 g/mol. The predicted octanol–water partition coefficient (Wildman–Crippen LogP) is 3.99. The van der Waals surface area contributed by atoms with Crippen LogP contribution in [0.25, 0.3) is 0 Å². The average Bonchev–Trinajstić information content (AvgIpc) is 2.38. The Morgan fingerprint density at radius 3 is 2.32 bits per heavy atom. The van der Waals surface area contributed by atoms with Crippen LogP contribution < -0.4 is 5.73 Å². The van der Waals surface area contributed by atoms with E-state index in [0.29, 0.717) is 6.54 Å². The van der Waals surface area contributed by atoms with Gasteiger partial charge in [-0.15, -0.1) is 0 Å². The molecule has 0 unspecified atom stereocenters. The van der Waals surface area contributed by atoms with Gasteiger partial charge in [0.2, 0.25) is 0 Å².